The van der Waals surface area contributed by atoms with Gasteiger partial charge in [0.1, 0.15) is 6.04 Å². The van der Waals surface area contributed by atoms with E-state index < -0.39 is 28.7 Å². The Morgan fingerprint density at radius 1 is 1.24 bits per heavy atom. The van der Waals surface area contributed by atoms with Crippen molar-refractivity contribution in [3.63, 3.8) is 0 Å². The second-order valence-corrected chi connectivity index (χ2v) is 13.4. The van der Waals surface area contributed by atoms with Crippen LogP contribution in [0.5, 0.6) is 0 Å². The number of carbonyl (C=O) groups excluding carboxylic acids is 3. The minimum atomic E-state index is -0.818. The lowest BCUT2D eigenvalue weighted by Crippen LogP contribution is -2.55. The number of likely N-dealkylation sites (tertiary alicyclic amines) is 1. The van der Waals surface area contributed by atoms with Crippen LogP contribution in [-0.4, -0.2) is 67.9 Å². The van der Waals surface area contributed by atoms with E-state index in [-0.39, 0.29) is 47.0 Å². The Morgan fingerprint density at radius 3 is 2.65 bits per heavy atom. The highest BCUT2D eigenvalue weighted by Gasteiger charge is 2.76. The fourth-order valence-electron chi connectivity index (χ4n) is 6.57. The molecule has 9 heteroatoms. The fraction of sp³-hybridized carbons (Fsp3) is 0.536. The fourth-order valence-corrected chi connectivity index (χ4v) is 10.2. The molecule has 198 valence electrons. The van der Waals surface area contributed by atoms with Crippen molar-refractivity contribution in [3.05, 3.63) is 42.5 Å². The van der Waals surface area contributed by atoms with Crippen LogP contribution >= 0.6 is 27.7 Å². The molecule has 1 spiro atoms. The van der Waals surface area contributed by atoms with E-state index in [0.29, 0.717) is 18.5 Å². The van der Waals surface area contributed by atoms with Gasteiger partial charge in [-0.3, -0.25) is 14.4 Å². The van der Waals surface area contributed by atoms with Gasteiger partial charge in [-0.05, 0) is 48.6 Å². The highest BCUT2D eigenvalue weighted by molar-refractivity contribution is 9.09. The molecule has 3 fully saturated rings. The number of carbonyl (C=O) groups is 3. The minimum Gasteiger partial charge on any atom is -0.466 e. The van der Waals surface area contributed by atoms with Crippen molar-refractivity contribution in [2.75, 3.05) is 18.5 Å². The molecule has 3 aliphatic rings. The zero-order valence-electron chi connectivity index (χ0n) is 21.2. The van der Waals surface area contributed by atoms with Gasteiger partial charge in [0, 0.05) is 15.8 Å². The molecule has 0 aliphatic carbocycles. The maximum absolute atomic E-state index is 14.1. The Kier molecular flexibility index (Phi) is 7.33. The zero-order chi connectivity index (χ0) is 26.5. The van der Waals surface area contributed by atoms with Gasteiger partial charge in [-0.15, -0.1) is 11.8 Å². The number of nitrogens with zero attached hydrogens (tertiary/aromatic N) is 1. The third-order valence-corrected chi connectivity index (χ3v) is 11.1. The van der Waals surface area contributed by atoms with Crippen molar-refractivity contribution in [1.82, 2.24) is 4.90 Å². The Labute approximate surface area is 229 Å². The van der Waals surface area contributed by atoms with Gasteiger partial charge in [0.25, 0.3) is 0 Å². The average Bonchev–Trinajstić information content (AvgIpc) is 3.45. The number of amides is 2. The molecule has 37 heavy (non-hydrogen) atoms. The molecule has 0 radical (unpaired) electrons. The smallest absolute Gasteiger partial charge is 0.310 e. The number of ether oxygens (including phenoxy) is 1. The van der Waals surface area contributed by atoms with E-state index in [0.717, 1.165) is 10.8 Å². The lowest BCUT2D eigenvalue weighted by molar-refractivity contribution is -0.154. The molecule has 3 saturated heterocycles. The largest absolute Gasteiger partial charge is 0.466 e. The molecule has 2 aromatic rings. The standard InChI is InChI=1S/C28H33BrN2O5S/c1-4-36-27(35)21-22-26(34)31(19(14-32)11-15(2)3)24(28(22)13-20(29)23(21)37-28)25(33)30-18-10-9-16-7-5-6-8-17(16)12-18/h5-10,12,15,19-24,32H,4,11,13-14H2,1-3H3,(H,30,33)/t19-,20?,21-,22+,23-,24?,28?/m1/s1. The molecule has 3 heterocycles. The molecule has 0 saturated carbocycles. The van der Waals surface area contributed by atoms with Crippen molar-refractivity contribution in [1.29, 1.82) is 0 Å². The Balaban J connectivity index is 1.55. The van der Waals surface area contributed by atoms with Gasteiger partial charge >= 0.3 is 5.97 Å². The highest BCUT2D eigenvalue weighted by Crippen LogP contribution is 2.68. The molecule has 2 bridgehead atoms. The maximum Gasteiger partial charge on any atom is 0.310 e. The lowest BCUT2D eigenvalue weighted by Gasteiger charge is -2.37. The molecule has 2 N–H and O–H groups in total. The number of halogens is 1. The van der Waals surface area contributed by atoms with Crippen LogP contribution in [-0.2, 0) is 19.1 Å². The lowest BCUT2D eigenvalue weighted by atomic mass is 9.71. The van der Waals surface area contributed by atoms with E-state index in [1.807, 2.05) is 56.3 Å². The van der Waals surface area contributed by atoms with Crippen LogP contribution < -0.4 is 5.32 Å². The van der Waals surface area contributed by atoms with E-state index in [9.17, 15) is 19.5 Å². The summed E-state index contributed by atoms with van der Waals surface area (Å²) in [4.78, 5) is 42.9. The number of aliphatic hydroxyl groups excluding tert-OH is 1. The molecule has 2 amide bonds. The first kappa shape index (κ1) is 26.5. The molecule has 5 rings (SSSR count). The molecule has 3 unspecified atom stereocenters. The van der Waals surface area contributed by atoms with Crippen molar-refractivity contribution < 1.29 is 24.2 Å². The average molecular weight is 590 g/mol. The summed E-state index contributed by atoms with van der Waals surface area (Å²) in [5.74, 6) is -1.99. The van der Waals surface area contributed by atoms with E-state index in [1.54, 1.807) is 23.6 Å². The Bertz CT molecular complexity index is 1220. The Hall–Kier alpha value is -2.10. The second-order valence-electron chi connectivity index (χ2n) is 10.7. The van der Waals surface area contributed by atoms with Crippen molar-refractivity contribution in [2.24, 2.45) is 17.8 Å². The number of alkyl halides is 1. The van der Waals surface area contributed by atoms with Gasteiger partial charge in [-0.1, -0.05) is 60.1 Å². The molecular formula is C28H33BrN2O5S. The van der Waals surface area contributed by atoms with Crippen LogP contribution in [0.15, 0.2) is 42.5 Å². The van der Waals surface area contributed by atoms with E-state index in [2.05, 4.69) is 21.2 Å². The second kappa shape index (κ2) is 10.2. The number of aliphatic hydroxyl groups is 1. The number of esters is 1. The van der Waals surface area contributed by atoms with Gasteiger partial charge in [0.2, 0.25) is 11.8 Å². The van der Waals surface area contributed by atoms with Gasteiger partial charge < -0.3 is 20.1 Å². The first-order valence-electron chi connectivity index (χ1n) is 12.9. The number of nitrogens with one attached hydrogen (secondary N) is 1. The summed E-state index contributed by atoms with van der Waals surface area (Å²) in [6, 6.07) is 12.3. The van der Waals surface area contributed by atoms with Gasteiger partial charge in [-0.2, -0.15) is 0 Å². The number of benzene rings is 2. The minimum absolute atomic E-state index is 0.0236. The van der Waals surface area contributed by atoms with Crippen LogP contribution in [0.3, 0.4) is 0 Å². The molecule has 7 atom stereocenters. The number of thioether (sulfide) groups is 1. The van der Waals surface area contributed by atoms with Gasteiger partial charge in [-0.25, -0.2) is 0 Å². The summed E-state index contributed by atoms with van der Waals surface area (Å²) < 4.78 is 4.63. The van der Waals surface area contributed by atoms with E-state index >= 15 is 0 Å². The number of rotatable bonds is 8. The summed E-state index contributed by atoms with van der Waals surface area (Å²) in [6.45, 7) is 5.80. The predicted octanol–water partition coefficient (Wildman–Crippen LogP) is 4.21. The third-order valence-electron chi connectivity index (χ3n) is 7.90. The van der Waals surface area contributed by atoms with Gasteiger partial charge in [0.15, 0.2) is 0 Å². The molecule has 7 nitrogen and oxygen atoms in total. The monoisotopic (exact) mass is 588 g/mol. The number of fused-ring (bicyclic) bond motifs is 2. The summed E-state index contributed by atoms with van der Waals surface area (Å²) in [5, 5.41) is 15.4. The normalized spacial score (nSPS) is 31.1. The van der Waals surface area contributed by atoms with Crippen molar-refractivity contribution in [2.45, 2.75) is 60.5 Å². The van der Waals surface area contributed by atoms with Gasteiger partial charge in [0.05, 0.1) is 35.8 Å². The topological polar surface area (TPSA) is 95.9 Å². The van der Waals surface area contributed by atoms with E-state index in [4.69, 9.17) is 4.74 Å². The summed E-state index contributed by atoms with van der Waals surface area (Å²) in [6.07, 6.45) is 1.14. The van der Waals surface area contributed by atoms with E-state index in [1.165, 1.54) is 0 Å². The van der Waals surface area contributed by atoms with Crippen LogP contribution in [0.2, 0.25) is 0 Å². The Morgan fingerprint density at radius 2 is 1.97 bits per heavy atom. The molecular weight excluding hydrogens is 556 g/mol. The molecule has 3 aliphatic heterocycles. The van der Waals surface area contributed by atoms with Crippen LogP contribution in [0, 0.1) is 17.8 Å². The molecule has 2 aromatic carbocycles. The van der Waals surface area contributed by atoms with Crippen LogP contribution in [0.4, 0.5) is 5.69 Å². The highest BCUT2D eigenvalue weighted by atomic mass is 79.9. The number of hydrogen-bond acceptors (Lipinski definition) is 6. The van der Waals surface area contributed by atoms with Crippen LogP contribution in [0.1, 0.15) is 33.6 Å². The predicted molar refractivity (Wildman–Crippen MR) is 149 cm³/mol. The quantitative estimate of drug-likeness (QED) is 0.354. The first-order valence-corrected chi connectivity index (χ1v) is 14.7. The third kappa shape index (κ3) is 4.36. The summed E-state index contributed by atoms with van der Waals surface area (Å²) in [7, 11) is 0. The maximum atomic E-state index is 14.1. The first-order chi connectivity index (χ1) is 17.7. The van der Waals surface area contributed by atoms with Crippen LogP contribution in [0.25, 0.3) is 10.8 Å². The zero-order valence-corrected chi connectivity index (χ0v) is 23.6. The summed E-state index contributed by atoms with van der Waals surface area (Å²) >= 11 is 5.32. The SMILES string of the molecule is CCOC(=O)[C@H]1[C@@H]2SC3(CC2Br)C(C(=O)Nc2ccc4ccccc4c2)N([C@@H](CO)CC(C)C)C(=O)[C@H]13. The number of hydrogen-bond donors (Lipinski definition) is 2. The summed E-state index contributed by atoms with van der Waals surface area (Å²) in [5.41, 5.74) is 0.648. The molecule has 0 aromatic heterocycles. The van der Waals surface area contributed by atoms with Crippen molar-refractivity contribution >= 4 is 61.9 Å². The number of anilines is 1. The van der Waals surface area contributed by atoms with Crippen molar-refractivity contribution in [3.8, 4) is 0 Å².